The van der Waals surface area contributed by atoms with E-state index in [9.17, 15) is 15.3 Å². The molecule has 0 aliphatic rings. The van der Waals surface area contributed by atoms with Crippen molar-refractivity contribution < 1.29 is 15.3 Å². The number of aromatic hydroxyl groups is 3. The molecule has 0 saturated heterocycles. The quantitative estimate of drug-likeness (QED) is 0.674. The first-order valence-corrected chi connectivity index (χ1v) is 5.73. The van der Waals surface area contributed by atoms with Crippen molar-refractivity contribution in [3.63, 3.8) is 0 Å². The Morgan fingerprint density at radius 2 is 1.17 bits per heavy atom. The minimum absolute atomic E-state index is 0.315. The van der Waals surface area contributed by atoms with Crippen molar-refractivity contribution in [3.05, 3.63) is 41.0 Å². The molecule has 2 rings (SSSR count). The predicted molar refractivity (Wildman–Crippen MR) is 71.1 cm³/mol. The second kappa shape index (κ2) is 4.26. The van der Waals surface area contributed by atoms with E-state index in [1.807, 2.05) is 32.9 Å². The van der Waals surface area contributed by atoms with Gasteiger partial charge in [-0.05, 0) is 55.2 Å². The van der Waals surface area contributed by atoms with Gasteiger partial charge in [0.2, 0.25) is 0 Å². The van der Waals surface area contributed by atoms with Crippen molar-refractivity contribution in [2.45, 2.75) is 20.8 Å². The summed E-state index contributed by atoms with van der Waals surface area (Å²) in [7, 11) is 0. The maximum absolute atomic E-state index is 9.57. The Kier molecular flexibility index (Phi) is 2.91. The SMILES string of the molecule is Cc1cc(C)c(-c2cc(O)c(O)c(O)c2)c(C)c1. The molecule has 2 aromatic rings. The van der Waals surface area contributed by atoms with E-state index in [4.69, 9.17) is 0 Å². The van der Waals surface area contributed by atoms with E-state index in [1.165, 1.54) is 17.7 Å². The summed E-state index contributed by atoms with van der Waals surface area (Å²) in [6.07, 6.45) is 0. The van der Waals surface area contributed by atoms with Crippen LogP contribution in [0.5, 0.6) is 17.2 Å². The van der Waals surface area contributed by atoms with Gasteiger partial charge in [0.25, 0.3) is 0 Å². The molecule has 3 N–H and O–H groups in total. The van der Waals surface area contributed by atoms with E-state index in [2.05, 4.69) is 0 Å². The second-order valence-corrected chi connectivity index (χ2v) is 4.64. The zero-order valence-electron chi connectivity index (χ0n) is 10.7. The molecule has 2 aromatic carbocycles. The summed E-state index contributed by atoms with van der Waals surface area (Å²) in [5, 5.41) is 28.5. The largest absolute Gasteiger partial charge is 0.504 e. The van der Waals surface area contributed by atoms with E-state index in [-0.39, 0.29) is 11.5 Å². The van der Waals surface area contributed by atoms with Crippen LogP contribution in [0.25, 0.3) is 11.1 Å². The molecular weight excluding hydrogens is 228 g/mol. The zero-order chi connectivity index (χ0) is 13.4. The first-order valence-electron chi connectivity index (χ1n) is 5.73. The van der Waals surface area contributed by atoms with E-state index >= 15 is 0 Å². The van der Waals surface area contributed by atoms with Gasteiger partial charge in [0.05, 0.1) is 0 Å². The normalized spacial score (nSPS) is 10.6. The maximum Gasteiger partial charge on any atom is 0.200 e. The molecule has 18 heavy (non-hydrogen) atoms. The minimum atomic E-state index is -0.485. The van der Waals surface area contributed by atoms with Gasteiger partial charge in [-0.25, -0.2) is 0 Å². The third-order valence-electron chi connectivity index (χ3n) is 3.04. The molecule has 0 heterocycles. The smallest absolute Gasteiger partial charge is 0.200 e. The first kappa shape index (κ1) is 12.3. The molecular formula is C15H16O3. The molecule has 3 heteroatoms. The fraction of sp³-hybridized carbons (Fsp3) is 0.200. The van der Waals surface area contributed by atoms with Gasteiger partial charge >= 0.3 is 0 Å². The number of benzene rings is 2. The van der Waals surface area contributed by atoms with Crippen molar-refractivity contribution in [2.75, 3.05) is 0 Å². The lowest BCUT2D eigenvalue weighted by Crippen LogP contribution is -1.90. The number of hydrogen-bond donors (Lipinski definition) is 3. The Morgan fingerprint density at radius 3 is 1.61 bits per heavy atom. The van der Waals surface area contributed by atoms with Gasteiger partial charge < -0.3 is 15.3 Å². The van der Waals surface area contributed by atoms with Crippen LogP contribution >= 0.6 is 0 Å². The van der Waals surface area contributed by atoms with Gasteiger partial charge in [-0.15, -0.1) is 0 Å². The molecule has 0 fully saturated rings. The van der Waals surface area contributed by atoms with Crippen LogP contribution in [-0.4, -0.2) is 15.3 Å². The van der Waals surface area contributed by atoms with E-state index in [0.29, 0.717) is 5.56 Å². The molecule has 3 nitrogen and oxygen atoms in total. The van der Waals surface area contributed by atoms with Gasteiger partial charge in [0, 0.05) is 0 Å². The molecule has 0 aromatic heterocycles. The third-order valence-corrected chi connectivity index (χ3v) is 3.04. The van der Waals surface area contributed by atoms with Crippen LogP contribution in [0.1, 0.15) is 16.7 Å². The molecule has 94 valence electrons. The van der Waals surface area contributed by atoms with E-state index in [0.717, 1.165) is 16.7 Å². The van der Waals surface area contributed by atoms with Gasteiger partial charge in [-0.1, -0.05) is 17.7 Å². The van der Waals surface area contributed by atoms with Gasteiger partial charge in [0.1, 0.15) is 0 Å². The van der Waals surface area contributed by atoms with Gasteiger partial charge in [-0.2, -0.15) is 0 Å². The highest BCUT2D eigenvalue weighted by molar-refractivity contribution is 5.75. The Balaban J connectivity index is 2.70. The molecule has 0 saturated carbocycles. The fourth-order valence-corrected chi connectivity index (χ4v) is 2.38. The Labute approximate surface area is 106 Å². The van der Waals surface area contributed by atoms with Crippen molar-refractivity contribution in [1.82, 2.24) is 0 Å². The van der Waals surface area contributed by atoms with Crippen molar-refractivity contribution >= 4 is 0 Å². The molecule has 0 amide bonds. The van der Waals surface area contributed by atoms with Crippen LogP contribution in [0.3, 0.4) is 0 Å². The summed E-state index contributed by atoms with van der Waals surface area (Å²) >= 11 is 0. The molecule has 0 unspecified atom stereocenters. The predicted octanol–water partition coefficient (Wildman–Crippen LogP) is 3.40. The molecule has 0 aliphatic carbocycles. The lowest BCUT2D eigenvalue weighted by Gasteiger charge is -2.13. The summed E-state index contributed by atoms with van der Waals surface area (Å²) in [6, 6.07) is 7.01. The summed E-state index contributed by atoms with van der Waals surface area (Å²) < 4.78 is 0. The average molecular weight is 244 g/mol. The van der Waals surface area contributed by atoms with Gasteiger partial charge in [-0.3, -0.25) is 0 Å². The average Bonchev–Trinajstić information content (AvgIpc) is 2.24. The Hall–Kier alpha value is -2.16. The van der Waals surface area contributed by atoms with Crippen molar-refractivity contribution in [1.29, 1.82) is 0 Å². The van der Waals surface area contributed by atoms with Crippen LogP contribution in [0, 0.1) is 20.8 Å². The van der Waals surface area contributed by atoms with Crippen LogP contribution in [-0.2, 0) is 0 Å². The second-order valence-electron chi connectivity index (χ2n) is 4.64. The fourth-order valence-electron chi connectivity index (χ4n) is 2.38. The molecule has 0 atom stereocenters. The number of aryl methyl sites for hydroxylation is 3. The maximum atomic E-state index is 9.57. The number of rotatable bonds is 1. The summed E-state index contributed by atoms with van der Waals surface area (Å²) in [5.74, 6) is -1.12. The number of phenols is 3. The lowest BCUT2D eigenvalue weighted by atomic mass is 9.93. The zero-order valence-corrected chi connectivity index (χ0v) is 10.7. The minimum Gasteiger partial charge on any atom is -0.504 e. The van der Waals surface area contributed by atoms with Gasteiger partial charge in [0.15, 0.2) is 17.2 Å². The standard InChI is InChI=1S/C15H16O3/c1-8-4-9(2)14(10(3)5-8)11-6-12(16)15(18)13(17)7-11/h4-7,16-18H,1-3H3. The number of hydrogen-bond acceptors (Lipinski definition) is 3. The molecule has 0 spiro atoms. The molecule has 0 bridgehead atoms. The summed E-state index contributed by atoms with van der Waals surface area (Å²) in [6.45, 7) is 5.99. The highest BCUT2D eigenvalue weighted by atomic mass is 16.3. The number of phenolic OH excluding ortho intramolecular Hbond substituents is 3. The third kappa shape index (κ3) is 1.99. The van der Waals surface area contributed by atoms with Crippen LogP contribution < -0.4 is 0 Å². The topological polar surface area (TPSA) is 60.7 Å². The Morgan fingerprint density at radius 1 is 0.722 bits per heavy atom. The highest BCUT2D eigenvalue weighted by Gasteiger charge is 2.12. The van der Waals surface area contributed by atoms with Crippen LogP contribution in [0.15, 0.2) is 24.3 Å². The van der Waals surface area contributed by atoms with Crippen LogP contribution in [0.2, 0.25) is 0 Å². The van der Waals surface area contributed by atoms with E-state index in [1.54, 1.807) is 0 Å². The van der Waals surface area contributed by atoms with E-state index < -0.39 is 5.75 Å². The van der Waals surface area contributed by atoms with Crippen molar-refractivity contribution in [3.8, 4) is 28.4 Å². The molecule has 0 radical (unpaired) electrons. The summed E-state index contributed by atoms with van der Waals surface area (Å²) in [5.41, 5.74) is 4.96. The van der Waals surface area contributed by atoms with Crippen LogP contribution in [0.4, 0.5) is 0 Å². The lowest BCUT2D eigenvalue weighted by molar-refractivity contribution is 0.368. The molecule has 0 aliphatic heterocycles. The highest BCUT2D eigenvalue weighted by Crippen LogP contribution is 2.40. The van der Waals surface area contributed by atoms with Crippen molar-refractivity contribution in [2.24, 2.45) is 0 Å². The summed E-state index contributed by atoms with van der Waals surface area (Å²) in [4.78, 5) is 0. The monoisotopic (exact) mass is 244 g/mol. The first-order chi connectivity index (χ1) is 8.40. The Bertz CT molecular complexity index is 569.